The van der Waals surface area contributed by atoms with E-state index in [0.717, 1.165) is 13.0 Å². The van der Waals surface area contributed by atoms with Crippen LogP contribution in [-0.2, 0) is 0 Å². The van der Waals surface area contributed by atoms with Crippen molar-refractivity contribution in [2.75, 3.05) is 13.6 Å². The lowest BCUT2D eigenvalue weighted by atomic mass is 10.2. The fraction of sp³-hybridized carbons (Fsp3) is 0.714. The molecule has 0 atom stereocenters. The average molecular weight is 113 g/mol. The first-order valence-corrected chi connectivity index (χ1v) is 3.11. The topological polar surface area (TPSA) is 12.0 Å². The molecule has 1 nitrogen and oxygen atoms in total. The zero-order valence-electron chi connectivity index (χ0n) is 5.99. The van der Waals surface area contributed by atoms with Gasteiger partial charge in [-0.25, -0.2) is 0 Å². The minimum atomic E-state index is 1.02. The van der Waals surface area contributed by atoms with Crippen LogP contribution in [0, 0.1) is 0 Å². The lowest BCUT2D eigenvalue weighted by molar-refractivity contribution is 0.873. The first kappa shape index (κ1) is 7.70. The first-order chi connectivity index (χ1) is 3.81. The average Bonchev–Trinajstić information content (AvgIpc) is 1.68. The van der Waals surface area contributed by atoms with Gasteiger partial charge in [0.1, 0.15) is 0 Å². The summed E-state index contributed by atoms with van der Waals surface area (Å²) in [5.74, 6) is 0. The van der Waals surface area contributed by atoms with Gasteiger partial charge in [-0.1, -0.05) is 18.6 Å². The molecule has 0 spiro atoms. The molecule has 0 aromatic rings. The Bertz CT molecular complexity index is 74.5. The molecule has 0 heterocycles. The standard InChI is InChI=1S/C7H15N/c1-4-5-7(2)6-8-3/h5,8H,4,6H2,1-3H3. The van der Waals surface area contributed by atoms with Gasteiger partial charge in [-0.15, -0.1) is 0 Å². The molecule has 0 aliphatic heterocycles. The molecule has 48 valence electrons. The summed E-state index contributed by atoms with van der Waals surface area (Å²) >= 11 is 0. The van der Waals surface area contributed by atoms with Crippen LogP contribution < -0.4 is 5.32 Å². The van der Waals surface area contributed by atoms with Gasteiger partial charge in [0.15, 0.2) is 0 Å². The van der Waals surface area contributed by atoms with E-state index in [0.29, 0.717) is 0 Å². The maximum Gasteiger partial charge on any atom is 0.0158 e. The van der Waals surface area contributed by atoms with Crippen LogP contribution in [0.4, 0.5) is 0 Å². The highest BCUT2D eigenvalue weighted by molar-refractivity contribution is 4.98. The van der Waals surface area contributed by atoms with Crippen molar-refractivity contribution in [3.8, 4) is 0 Å². The molecule has 0 unspecified atom stereocenters. The molecule has 0 radical (unpaired) electrons. The third-order valence-electron chi connectivity index (χ3n) is 1.01. The Balaban J connectivity index is 3.29. The van der Waals surface area contributed by atoms with Crippen molar-refractivity contribution >= 4 is 0 Å². The minimum absolute atomic E-state index is 1.02. The molecule has 8 heavy (non-hydrogen) atoms. The van der Waals surface area contributed by atoms with Gasteiger partial charge in [0, 0.05) is 6.54 Å². The van der Waals surface area contributed by atoms with Crippen molar-refractivity contribution in [3.63, 3.8) is 0 Å². The Kier molecular flexibility index (Phi) is 4.67. The molecule has 0 fully saturated rings. The molecule has 1 N–H and O–H groups in total. The fourth-order valence-corrected chi connectivity index (χ4v) is 0.699. The lowest BCUT2D eigenvalue weighted by Gasteiger charge is -1.95. The minimum Gasteiger partial charge on any atom is -0.316 e. The third kappa shape index (κ3) is 3.88. The predicted octanol–water partition coefficient (Wildman–Crippen LogP) is 1.56. The molecule has 0 saturated carbocycles. The van der Waals surface area contributed by atoms with E-state index >= 15 is 0 Å². The number of hydrogen-bond acceptors (Lipinski definition) is 1. The van der Waals surface area contributed by atoms with E-state index in [-0.39, 0.29) is 0 Å². The van der Waals surface area contributed by atoms with Gasteiger partial charge in [-0.05, 0) is 20.4 Å². The molecule has 0 bridgehead atoms. The number of likely N-dealkylation sites (N-methyl/N-ethyl adjacent to an activating group) is 1. The van der Waals surface area contributed by atoms with Crippen LogP contribution >= 0.6 is 0 Å². The van der Waals surface area contributed by atoms with E-state index in [1.54, 1.807) is 0 Å². The monoisotopic (exact) mass is 113 g/mol. The van der Waals surface area contributed by atoms with E-state index in [1.165, 1.54) is 5.57 Å². The smallest absolute Gasteiger partial charge is 0.0158 e. The second-order valence-corrected chi connectivity index (χ2v) is 1.99. The Morgan fingerprint density at radius 1 is 1.62 bits per heavy atom. The predicted molar refractivity (Wildman–Crippen MR) is 38.0 cm³/mol. The van der Waals surface area contributed by atoms with Crippen LogP contribution in [0.3, 0.4) is 0 Å². The normalized spacial score (nSPS) is 12.1. The van der Waals surface area contributed by atoms with Gasteiger partial charge in [0.25, 0.3) is 0 Å². The molecule has 0 saturated heterocycles. The Morgan fingerprint density at radius 2 is 2.25 bits per heavy atom. The maximum atomic E-state index is 3.08. The number of allylic oxidation sites excluding steroid dienone is 1. The third-order valence-corrected chi connectivity index (χ3v) is 1.01. The van der Waals surface area contributed by atoms with Crippen molar-refractivity contribution in [1.29, 1.82) is 0 Å². The highest BCUT2D eigenvalue weighted by atomic mass is 14.8. The molecule has 1 heteroatoms. The Morgan fingerprint density at radius 3 is 2.62 bits per heavy atom. The van der Waals surface area contributed by atoms with E-state index in [2.05, 4.69) is 25.2 Å². The molecule has 0 aromatic heterocycles. The van der Waals surface area contributed by atoms with Crippen LogP contribution in [0.15, 0.2) is 11.6 Å². The Labute approximate surface area is 51.8 Å². The lowest BCUT2D eigenvalue weighted by Crippen LogP contribution is -2.08. The van der Waals surface area contributed by atoms with E-state index in [4.69, 9.17) is 0 Å². The number of nitrogens with one attached hydrogen (secondary N) is 1. The summed E-state index contributed by atoms with van der Waals surface area (Å²) in [4.78, 5) is 0. The highest BCUT2D eigenvalue weighted by Crippen LogP contribution is 1.90. The molecular weight excluding hydrogens is 98.1 g/mol. The quantitative estimate of drug-likeness (QED) is 0.548. The van der Waals surface area contributed by atoms with Crippen molar-refractivity contribution in [3.05, 3.63) is 11.6 Å². The fourth-order valence-electron chi connectivity index (χ4n) is 0.699. The molecule has 0 aliphatic rings. The van der Waals surface area contributed by atoms with Gasteiger partial charge in [-0.2, -0.15) is 0 Å². The zero-order valence-corrected chi connectivity index (χ0v) is 5.99. The summed E-state index contributed by atoms with van der Waals surface area (Å²) in [6, 6.07) is 0. The zero-order chi connectivity index (χ0) is 6.41. The summed E-state index contributed by atoms with van der Waals surface area (Å²) < 4.78 is 0. The van der Waals surface area contributed by atoms with Gasteiger partial charge in [0.2, 0.25) is 0 Å². The summed E-state index contributed by atoms with van der Waals surface area (Å²) in [5, 5.41) is 3.08. The number of hydrogen-bond donors (Lipinski definition) is 1. The van der Waals surface area contributed by atoms with Crippen molar-refractivity contribution in [2.45, 2.75) is 20.3 Å². The molecular formula is C7H15N. The van der Waals surface area contributed by atoms with Crippen molar-refractivity contribution < 1.29 is 0 Å². The van der Waals surface area contributed by atoms with Crippen LogP contribution in [0.25, 0.3) is 0 Å². The Hall–Kier alpha value is -0.300. The molecule has 0 amide bonds. The van der Waals surface area contributed by atoms with Crippen LogP contribution in [-0.4, -0.2) is 13.6 Å². The van der Waals surface area contributed by atoms with Gasteiger partial charge < -0.3 is 5.32 Å². The molecule has 0 aromatic carbocycles. The van der Waals surface area contributed by atoms with Crippen molar-refractivity contribution in [1.82, 2.24) is 5.32 Å². The van der Waals surface area contributed by atoms with Crippen LogP contribution in [0.1, 0.15) is 20.3 Å². The SMILES string of the molecule is CCC=C(C)CNC. The van der Waals surface area contributed by atoms with Crippen LogP contribution in [0.2, 0.25) is 0 Å². The maximum absolute atomic E-state index is 3.08. The number of rotatable bonds is 3. The first-order valence-electron chi connectivity index (χ1n) is 3.11. The summed E-state index contributed by atoms with van der Waals surface area (Å²) in [7, 11) is 1.97. The molecule has 0 aliphatic carbocycles. The highest BCUT2D eigenvalue weighted by Gasteiger charge is 1.80. The summed E-state index contributed by atoms with van der Waals surface area (Å²) in [6.07, 6.45) is 3.38. The van der Waals surface area contributed by atoms with Gasteiger partial charge >= 0.3 is 0 Å². The van der Waals surface area contributed by atoms with Crippen LogP contribution in [0.5, 0.6) is 0 Å². The van der Waals surface area contributed by atoms with Gasteiger partial charge in [-0.3, -0.25) is 0 Å². The van der Waals surface area contributed by atoms with Crippen molar-refractivity contribution in [2.24, 2.45) is 0 Å². The molecule has 0 rings (SSSR count). The van der Waals surface area contributed by atoms with Gasteiger partial charge in [0.05, 0.1) is 0 Å². The second kappa shape index (κ2) is 4.85. The second-order valence-electron chi connectivity index (χ2n) is 1.99. The van der Waals surface area contributed by atoms with E-state index in [9.17, 15) is 0 Å². The summed E-state index contributed by atoms with van der Waals surface area (Å²) in [6.45, 7) is 5.31. The van der Waals surface area contributed by atoms with E-state index < -0.39 is 0 Å². The van der Waals surface area contributed by atoms with E-state index in [1.807, 2.05) is 7.05 Å². The summed E-state index contributed by atoms with van der Waals surface area (Å²) in [5.41, 5.74) is 1.43. The largest absolute Gasteiger partial charge is 0.316 e.